The average Bonchev–Trinajstić information content (AvgIpc) is 3.89. The number of aryl methyl sites for hydroxylation is 1. The summed E-state index contributed by atoms with van der Waals surface area (Å²) in [6.45, 7) is 0. The molecule has 8 rings (SSSR count). The van der Waals surface area contributed by atoms with Gasteiger partial charge in [0, 0.05) is 35.1 Å². The number of hydrogen-bond donors (Lipinski definition) is 3. The van der Waals surface area contributed by atoms with E-state index in [1.807, 2.05) is 0 Å². The van der Waals surface area contributed by atoms with Gasteiger partial charge >= 0.3 is 0 Å². The van der Waals surface area contributed by atoms with Gasteiger partial charge in [-0.3, -0.25) is 14.9 Å². The monoisotopic (exact) mass is 818 g/mol. The molecule has 18 heteroatoms. The molecule has 0 saturated carbocycles. The van der Waals surface area contributed by atoms with Gasteiger partial charge in [-0.05, 0) is 28.8 Å². The van der Waals surface area contributed by atoms with Crippen molar-refractivity contribution >= 4 is 82.6 Å². The van der Waals surface area contributed by atoms with E-state index in [2.05, 4.69) is 30.1 Å². The summed E-state index contributed by atoms with van der Waals surface area (Å²) in [6, 6.07) is 28.7. The zero-order valence-electron chi connectivity index (χ0n) is 28.3. The van der Waals surface area contributed by atoms with Gasteiger partial charge in [0.15, 0.2) is 28.3 Å². The zero-order valence-corrected chi connectivity index (χ0v) is 31.4. The zero-order chi connectivity index (χ0) is 38.6. The summed E-state index contributed by atoms with van der Waals surface area (Å²) in [5.74, 6) is -3.21. The Hall–Kier alpha value is -5.81. The van der Waals surface area contributed by atoms with Crippen LogP contribution < -0.4 is 9.03 Å². The summed E-state index contributed by atoms with van der Waals surface area (Å²) in [5.41, 5.74) is 1.78. The summed E-state index contributed by atoms with van der Waals surface area (Å²) in [4.78, 5) is 4.28. The second-order valence-corrected chi connectivity index (χ2v) is 16.6. The number of aromatic nitrogens is 6. The van der Waals surface area contributed by atoms with E-state index in [4.69, 9.17) is 23.2 Å². The molecular weight excluding hydrogens is 793 g/mol. The molecule has 0 unspecified atom stereocenters. The first kappa shape index (κ1) is 36.2. The number of rotatable bonds is 10. The van der Waals surface area contributed by atoms with Crippen LogP contribution in [-0.2, 0) is 32.8 Å². The summed E-state index contributed by atoms with van der Waals surface area (Å²) in [7, 11) is -7.73. The summed E-state index contributed by atoms with van der Waals surface area (Å²) < 4.78 is 92.3. The molecule has 0 aliphatic carbocycles. The summed E-state index contributed by atoms with van der Waals surface area (Å²) in [5, 5.41) is 12.3. The molecule has 0 bridgehead atoms. The van der Waals surface area contributed by atoms with E-state index in [1.165, 1.54) is 23.7 Å². The van der Waals surface area contributed by atoms with Crippen LogP contribution in [0.2, 0.25) is 10.0 Å². The Morgan fingerprint density at radius 3 is 1.84 bits per heavy atom. The molecule has 3 heterocycles. The van der Waals surface area contributed by atoms with Crippen molar-refractivity contribution in [3.05, 3.63) is 137 Å². The Labute approximate surface area is 322 Å². The molecule has 0 spiro atoms. The number of benzene rings is 5. The van der Waals surface area contributed by atoms with E-state index in [0.29, 0.717) is 22.3 Å². The molecule has 5 aromatic carbocycles. The molecule has 3 N–H and O–H groups in total. The van der Waals surface area contributed by atoms with Crippen molar-refractivity contribution in [1.29, 1.82) is 0 Å². The van der Waals surface area contributed by atoms with Gasteiger partial charge in [0.1, 0.15) is 11.0 Å². The number of H-pyrrole nitrogens is 2. The van der Waals surface area contributed by atoms with E-state index in [1.54, 1.807) is 91.0 Å². The van der Waals surface area contributed by atoms with Crippen LogP contribution in [0.5, 0.6) is 0 Å². The topological polar surface area (TPSA) is 159 Å². The Balaban J connectivity index is 1.25. The van der Waals surface area contributed by atoms with Crippen LogP contribution in [-0.4, -0.2) is 46.8 Å². The average molecular weight is 820 g/mol. The van der Waals surface area contributed by atoms with Crippen molar-refractivity contribution in [3.8, 4) is 22.3 Å². The van der Waals surface area contributed by atoms with Crippen LogP contribution in [0.25, 0.3) is 44.1 Å². The number of sulfonamides is 2. The molecule has 278 valence electrons. The van der Waals surface area contributed by atoms with E-state index in [9.17, 15) is 16.8 Å². The number of fused-ring (bicyclic) bond motifs is 2. The van der Waals surface area contributed by atoms with Crippen LogP contribution in [0.1, 0.15) is 5.56 Å². The van der Waals surface area contributed by atoms with Crippen LogP contribution in [0.3, 0.4) is 0 Å². The molecular formula is C37H26Cl2F2N8O4S2. The van der Waals surface area contributed by atoms with Crippen molar-refractivity contribution in [2.45, 2.75) is 10.8 Å². The Morgan fingerprint density at radius 1 is 0.745 bits per heavy atom. The third-order valence-corrected chi connectivity index (χ3v) is 12.4. The van der Waals surface area contributed by atoms with E-state index in [0.717, 1.165) is 10.5 Å². The van der Waals surface area contributed by atoms with Gasteiger partial charge in [-0.2, -0.15) is 27.9 Å². The fourth-order valence-electron chi connectivity index (χ4n) is 6.19. The maximum absolute atomic E-state index is 15.8. The lowest BCUT2D eigenvalue weighted by Crippen LogP contribution is -2.30. The minimum atomic E-state index is -4.63. The first-order valence-corrected chi connectivity index (χ1v) is 20.1. The second kappa shape index (κ2) is 13.8. The molecule has 0 radical (unpaired) electrons. The maximum atomic E-state index is 15.8. The first-order chi connectivity index (χ1) is 26.3. The summed E-state index contributed by atoms with van der Waals surface area (Å²) in [6.07, 6.45) is 1.09. The second-order valence-electron chi connectivity index (χ2n) is 12.4. The minimum absolute atomic E-state index is 0.0285. The summed E-state index contributed by atoms with van der Waals surface area (Å²) >= 11 is 12.8. The molecule has 12 nitrogen and oxygen atoms in total. The highest BCUT2D eigenvalue weighted by atomic mass is 35.5. The van der Waals surface area contributed by atoms with Crippen molar-refractivity contribution in [1.82, 2.24) is 29.9 Å². The van der Waals surface area contributed by atoms with Crippen LogP contribution in [0.15, 0.2) is 114 Å². The number of imidazole rings is 1. The first-order valence-electron chi connectivity index (χ1n) is 16.3. The Morgan fingerprint density at radius 2 is 1.25 bits per heavy atom. The lowest BCUT2D eigenvalue weighted by molar-refractivity contribution is 0.592. The highest BCUT2D eigenvalue weighted by Gasteiger charge is 2.35. The number of nitrogens with one attached hydrogen (secondary N) is 3. The highest BCUT2D eigenvalue weighted by Crippen LogP contribution is 2.41. The van der Waals surface area contributed by atoms with Crippen molar-refractivity contribution in [2.24, 2.45) is 7.05 Å². The number of anilines is 3. The van der Waals surface area contributed by atoms with Crippen molar-refractivity contribution < 1.29 is 25.6 Å². The normalized spacial score (nSPS) is 12.1. The van der Waals surface area contributed by atoms with Crippen molar-refractivity contribution in [3.63, 3.8) is 0 Å². The van der Waals surface area contributed by atoms with Crippen LogP contribution in [0.4, 0.5) is 26.4 Å². The van der Waals surface area contributed by atoms with Gasteiger partial charge in [-0.15, -0.1) is 0 Å². The van der Waals surface area contributed by atoms with Gasteiger partial charge < -0.3 is 4.57 Å². The largest absolute Gasteiger partial charge is 0.318 e. The van der Waals surface area contributed by atoms with Gasteiger partial charge in [0.2, 0.25) is 16.0 Å². The molecule has 0 atom stereocenters. The maximum Gasteiger partial charge on any atom is 0.282 e. The van der Waals surface area contributed by atoms with Gasteiger partial charge in [-0.1, -0.05) is 114 Å². The minimum Gasteiger partial charge on any atom is -0.318 e. The van der Waals surface area contributed by atoms with E-state index < -0.39 is 48.4 Å². The van der Waals surface area contributed by atoms with E-state index in [-0.39, 0.29) is 49.1 Å². The standard InChI is InChI=1S/C37H26Cl2F2N8O4S2/c1-48-19-28(55(52,53)47-35-26-17-24(22-13-7-3-8-14-22)29(38)31(40)33(26)43-45-35)42-37(48)49(54(50,51)20-21-11-5-2-6-12-21)36-27-18-25(23-15-9-4-10-16-23)30(39)32(41)34(27)44-46-36/h2-19H,20H2,1H3,(H,44,46)(H2,43,45,47). The highest BCUT2D eigenvalue weighted by molar-refractivity contribution is 7.93. The number of aromatic amines is 2. The van der Waals surface area contributed by atoms with Gasteiger partial charge in [-0.25, -0.2) is 17.2 Å². The molecule has 0 saturated heterocycles. The third-order valence-electron chi connectivity index (χ3n) is 8.81. The smallest absolute Gasteiger partial charge is 0.282 e. The Kier molecular flexibility index (Phi) is 9.08. The third kappa shape index (κ3) is 6.46. The van der Waals surface area contributed by atoms with E-state index >= 15 is 8.78 Å². The number of nitrogens with zero attached hydrogens (tertiary/aromatic N) is 5. The molecule has 0 fully saturated rings. The fourth-order valence-corrected chi connectivity index (χ4v) is 9.28. The Bertz CT molecular complexity index is 2980. The fraction of sp³-hybridized carbons (Fsp3) is 0.0541. The molecule has 0 aliphatic heterocycles. The SMILES string of the molecule is Cn1cc(S(=O)(=O)Nc2n[nH]c3c(F)c(Cl)c(-c4ccccc4)cc23)nc1N(c1n[nH]c2c(F)c(Cl)c(-c3ccccc3)cc12)S(=O)(=O)Cc1ccccc1. The number of hydrogen-bond acceptors (Lipinski definition) is 7. The molecule has 55 heavy (non-hydrogen) atoms. The van der Waals surface area contributed by atoms with Crippen LogP contribution in [0, 0.1) is 11.6 Å². The molecule has 0 aliphatic rings. The van der Waals surface area contributed by atoms with Crippen molar-refractivity contribution in [2.75, 3.05) is 9.03 Å². The predicted octanol–water partition coefficient (Wildman–Crippen LogP) is 8.56. The van der Waals surface area contributed by atoms with Gasteiger partial charge in [0.05, 0.1) is 15.8 Å². The van der Waals surface area contributed by atoms with Crippen LogP contribution >= 0.6 is 23.2 Å². The predicted molar refractivity (Wildman–Crippen MR) is 208 cm³/mol. The lowest BCUT2D eigenvalue weighted by atomic mass is 10.0. The molecule has 0 amide bonds. The quantitative estimate of drug-likeness (QED) is 0.125. The molecule has 8 aromatic rings. The number of halogens is 4. The van der Waals surface area contributed by atoms with Gasteiger partial charge in [0.25, 0.3) is 10.0 Å². The lowest BCUT2D eigenvalue weighted by Gasteiger charge is -2.22. The molecule has 3 aromatic heterocycles.